The first-order chi connectivity index (χ1) is 49.3. The first-order valence-corrected chi connectivity index (χ1v) is 42.1. The van der Waals surface area contributed by atoms with Crippen molar-refractivity contribution < 1.29 is 89.4 Å². The molecule has 1 amide bonds. The molecule has 101 heavy (non-hydrogen) atoms. The van der Waals surface area contributed by atoms with Gasteiger partial charge in [-0.05, 0) is 32.1 Å². The summed E-state index contributed by atoms with van der Waals surface area (Å²) in [4.78, 5) is 13.5. The molecule has 0 aromatic rings. The lowest BCUT2D eigenvalue weighted by Gasteiger charge is -2.48. The molecule has 596 valence electrons. The molecule has 0 saturated carbocycles. The van der Waals surface area contributed by atoms with E-state index in [1.54, 1.807) is 6.08 Å². The molecule has 19 nitrogen and oxygen atoms in total. The van der Waals surface area contributed by atoms with Crippen molar-refractivity contribution >= 4 is 5.91 Å². The van der Waals surface area contributed by atoms with Gasteiger partial charge in [0.1, 0.15) is 73.2 Å². The van der Waals surface area contributed by atoms with Crippen LogP contribution in [0, 0.1) is 0 Å². The summed E-state index contributed by atoms with van der Waals surface area (Å²) in [6.07, 6.45) is 50.4. The maximum Gasteiger partial charge on any atom is 0.220 e. The van der Waals surface area contributed by atoms with Crippen molar-refractivity contribution in [3.8, 4) is 0 Å². The second-order valence-corrected chi connectivity index (χ2v) is 30.3. The van der Waals surface area contributed by atoms with Gasteiger partial charge in [0, 0.05) is 6.42 Å². The predicted molar refractivity (Wildman–Crippen MR) is 402 cm³/mol. The van der Waals surface area contributed by atoms with E-state index >= 15 is 0 Å². The van der Waals surface area contributed by atoms with Crippen LogP contribution in [0.2, 0.25) is 0 Å². The van der Waals surface area contributed by atoms with Crippen molar-refractivity contribution in [3.05, 3.63) is 24.3 Å². The molecule has 3 aliphatic rings. The van der Waals surface area contributed by atoms with Crippen LogP contribution in [0.15, 0.2) is 24.3 Å². The Morgan fingerprint density at radius 2 is 0.634 bits per heavy atom. The van der Waals surface area contributed by atoms with Gasteiger partial charge in [-0.1, -0.05) is 346 Å². The lowest BCUT2D eigenvalue weighted by atomic mass is 9.96. The van der Waals surface area contributed by atoms with E-state index in [4.69, 9.17) is 28.4 Å². The number of allylic oxidation sites excluding steroid dienone is 3. The van der Waals surface area contributed by atoms with Crippen LogP contribution in [0.5, 0.6) is 0 Å². The Kier molecular flexibility index (Phi) is 58.5. The summed E-state index contributed by atoms with van der Waals surface area (Å²) in [5.41, 5.74) is 0. The van der Waals surface area contributed by atoms with Gasteiger partial charge in [0.2, 0.25) is 5.91 Å². The molecule has 17 unspecified atom stereocenters. The topological polar surface area (TPSA) is 307 Å². The highest BCUT2D eigenvalue weighted by Crippen LogP contribution is 2.33. The molecule has 3 saturated heterocycles. The smallest absolute Gasteiger partial charge is 0.220 e. The molecule has 0 spiro atoms. The van der Waals surface area contributed by atoms with Crippen LogP contribution in [0.25, 0.3) is 0 Å². The van der Waals surface area contributed by atoms with E-state index in [9.17, 15) is 61.0 Å². The van der Waals surface area contributed by atoms with Crippen LogP contribution in [0.1, 0.15) is 361 Å². The molecule has 17 atom stereocenters. The molecular weight excluding hydrogens is 1290 g/mol. The van der Waals surface area contributed by atoms with Crippen molar-refractivity contribution in [2.24, 2.45) is 0 Å². The zero-order valence-corrected chi connectivity index (χ0v) is 63.9. The highest BCUT2D eigenvalue weighted by atomic mass is 16.8. The molecule has 0 aromatic heterocycles. The SMILES string of the molecule is CCCCCCCCCCCCCCCCCCCCCCCCCCCC/C=C/CC/C=C/C(O)C(COC1OC(CO)C(OC2OC(CO)C(OC3OC(CO)C(O)C(O)C3O)C(O)C2O)C(O)C1O)NC(=O)CCCCCCCCCCCCCCCCCCCCCCCCCC. The van der Waals surface area contributed by atoms with Crippen LogP contribution in [-0.4, -0.2) is 193 Å². The maximum absolute atomic E-state index is 13.5. The van der Waals surface area contributed by atoms with E-state index in [1.807, 2.05) is 6.08 Å². The third kappa shape index (κ3) is 43.2. The van der Waals surface area contributed by atoms with E-state index in [0.29, 0.717) is 12.8 Å². The van der Waals surface area contributed by atoms with E-state index in [-0.39, 0.29) is 18.9 Å². The molecular formula is C82H155NO18. The Morgan fingerprint density at radius 3 is 0.990 bits per heavy atom. The second kappa shape index (κ2) is 63.2. The predicted octanol–water partition coefficient (Wildman–Crippen LogP) is 14.5. The quantitative estimate of drug-likeness (QED) is 0.0199. The Hall–Kier alpha value is -1.73. The van der Waals surface area contributed by atoms with E-state index in [1.165, 1.54) is 289 Å². The van der Waals surface area contributed by atoms with Gasteiger partial charge in [-0.3, -0.25) is 4.79 Å². The summed E-state index contributed by atoms with van der Waals surface area (Å²) >= 11 is 0. The lowest BCUT2D eigenvalue weighted by Crippen LogP contribution is -2.66. The zero-order chi connectivity index (χ0) is 73.2. The third-order valence-corrected chi connectivity index (χ3v) is 21.3. The minimum absolute atomic E-state index is 0.241. The van der Waals surface area contributed by atoms with Crippen molar-refractivity contribution in [2.75, 3.05) is 26.4 Å². The molecule has 3 fully saturated rings. The van der Waals surface area contributed by atoms with Gasteiger partial charge < -0.3 is 89.9 Å². The minimum Gasteiger partial charge on any atom is -0.394 e. The van der Waals surface area contributed by atoms with Gasteiger partial charge in [0.05, 0.1) is 38.6 Å². The van der Waals surface area contributed by atoms with Crippen molar-refractivity contribution in [3.63, 3.8) is 0 Å². The standard InChI is InChI=1S/C82H155NO18/c1-3-5-7-9-11-13-15-17-19-21-23-25-27-29-30-31-32-33-34-35-36-37-39-41-43-45-47-49-51-53-55-57-59-66(87)65(83-70(88)60-58-56-54-52-50-48-46-44-42-40-38-28-26-24-22-20-18-16-14-12-10-8-6-4-2)64-96-80-76(94)73(91)78(68(62-85)98-80)101-82-77(95)74(92)79(69(63-86)99-82)100-81-75(93)72(90)71(89)67(61-84)97-81/h49,51,57,59,65-69,71-82,84-87,89-95H,3-48,50,52-56,58,60-64H2,1-2H3,(H,83,88)/b51-49+,59-57+. The number of rotatable bonds is 68. The van der Waals surface area contributed by atoms with Gasteiger partial charge >= 0.3 is 0 Å². The Bertz CT molecular complexity index is 1920. The first-order valence-electron chi connectivity index (χ1n) is 42.1. The van der Waals surface area contributed by atoms with Crippen LogP contribution in [0.3, 0.4) is 0 Å². The summed E-state index contributed by atoms with van der Waals surface area (Å²) in [6.45, 7) is 1.79. The van der Waals surface area contributed by atoms with Gasteiger partial charge in [-0.2, -0.15) is 0 Å². The average molecular weight is 1440 g/mol. The third-order valence-electron chi connectivity index (χ3n) is 21.3. The number of unbranched alkanes of at least 4 members (excludes halogenated alkanes) is 50. The van der Waals surface area contributed by atoms with E-state index < -0.39 is 124 Å². The lowest BCUT2D eigenvalue weighted by molar-refractivity contribution is -0.379. The number of ether oxygens (including phenoxy) is 6. The van der Waals surface area contributed by atoms with Crippen LogP contribution >= 0.6 is 0 Å². The number of hydrogen-bond acceptors (Lipinski definition) is 18. The van der Waals surface area contributed by atoms with Crippen molar-refractivity contribution in [1.29, 1.82) is 0 Å². The first kappa shape index (κ1) is 93.5. The molecule has 0 radical (unpaired) electrons. The van der Waals surface area contributed by atoms with Gasteiger partial charge in [-0.25, -0.2) is 0 Å². The fourth-order valence-electron chi connectivity index (χ4n) is 14.5. The monoisotopic (exact) mass is 1440 g/mol. The highest BCUT2D eigenvalue weighted by molar-refractivity contribution is 5.76. The number of carbonyl (C=O) groups is 1. The molecule has 19 heteroatoms. The van der Waals surface area contributed by atoms with E-state index in [0.717, 1.165) is 38.5 Å². The summed E-state index contributed by atoms with van der Waals surface area (Å²) in [5.74, 6) is -0.277. The zero-order valence-electron chi connectivity index (χ0n) is 63.9. The highest BCUT2D eigenvalue weighted by Gasteiger charge is 2.54. The molecule has 0 bridgehead atoms. The number of amides is 1. The molecule has 3 aliphatic heterocycles. The van der Waals surface area contributed by atoms with Gasteiger partial charge in [0.15, 0.2) is 18.9 Å². The largest absolute Gasteiger partial charge is 0.394 e. The minimum atomic E-state index is -1.98. The Balaban J connectivity index is 1.37. The summed E-state index contributed by atoms with van der Waals surface area (Å²) in [6, 6.07) is -0.989. The molecule has 3 rings (SSSR count). The van der Waals surface area contributed by atoms with E-state index in [2.05, 4.69) is 31.3 Å². The fraction of sp³-hybridized carbons (Fsp3) is 0.939. The number of hydrogen-bond donors (Lipinski definition) is 12. The summed E-state index contributed by atoms with van der Waals surface area (Å²) in [7, 11) is 0. The number of aliphatic hydroxyl groups is 11. The van der Waals surface area contributed by atoms with Crippen molar-refractivity contribution in [1.82, 2.24) is 5.32 Å². The number of nitrogens with one attached hydrogen (secondary N) is 1. The van der Waals surface area contributed by atoms with Gasteiger partial charge in [-0.15, -0.1) is 0 Å². The fourth-order valence-corrected chi connectivity index (χ4v) is 14.5. The normalized spacial score (nSPS) is 26.4. The average Bonchev–Trinajstić information content (AvgIpc) is 0.792. The van der Waals surface area contributed by atoms with Crippen LogP contribution in [-0.2, 0) is 33.2 Å². The summed E-state index contributed by atoms with van der Waals surface area (Å²) in [5, 5.41) is 121. The van der Waals surface area contributed by atoms with Crippen LogP contribution < -0.4 is 5.32 Å². The maximum atomic E-state index is 13.5. The van der Waals surface area contributed by atoms with Crippen molar-refractivity contribution in [2.45, 2.75) is 465 Å². The molecule has 0 aliphatic carbocycles. The number of carbonyl (C=O) groups excluding carboxylic acids is 1. The van der Waals surface area contributed by atoms with Gasteiger partial charge in [0.25, 0.3) is 0 Å². The van der Waals surface area contributed by atoms with Crippen LogP contribution in [0.4, 0.5) is 0 Å². The molecule has 0 aromatic carbocycles. The molecule has 12 N–H and O–H groups in total. The summed E-state index contributed by atoms with van der Waals surface area (Å²) < 4.78 is 34.5. The number of aliphatic hydroxyl groups excluding tert-OH is 11. The Morgan fingerprint density at radius 1 is 0.347 bits per heavy atom. The Labute approximate surface area is 613 Å². The molecule has 3 heterocycles. The second-order valence-electron chi connectivity index (χ2n) is 30.3.